The lowest BCUT2D eigenvalue weighted by Gasteiger charge is -2.08. The van der Waals surface area contributed by atoms with E-state index in [1.165, 1.54) is 18.2 Å². The summed E-state index contributed by atoms with van der Waals surface area (Å²) in [5, 5.41) is -0.0489. The standard InChI is InChI=1S/C9H7ClF3NO2/c10-7-3-5(14)1-2-6(7)8(15)16-4-9(11,12)13/h1-3H,4,14H2. The first kappa shape index (κ1) is 12.6. The highest BCUT2D eigenvalue weighted by atomic mass is 35.5. The van der Waals surface area contributed by atoms with Gasteiger partial charge in [0, 0.05) is 5.69 Å². The molecule has 7 heteroatoms. The fourth-order valence-corrected chi connectivity index (χ4v) is 1.19. The van der Waals surface area contributed by atoms with Crippen molar-refractivity contribution in [3.8, 4) is 0 Å². The molecule has 0 radical (unpaired) electrons. The minimum Gasteiger partial charge on any atom is -0.452 e. The molecule has 0 fully saturated rings. The fraction of sp³-hybridized carbons (Fsp3) is 0.222. The lowest BCUT2D eigenvalue weighted by atomic mass is 10.2. The number of hydrogen-bond donors (Lipinski definition) is 1. The van der Waals surface area contributed by atoms with Crippen molar-refractivity contribution < 1.29 is 22.7 Å². The van der Waals surface area contributed by atoms with E-state index >= 15 is 0 Å². The Morgan fingerprint density at radius 3 is 2.56 bits per heavy atom. The number of ether oxygens (including phenoxy) is 1. The molecule has 0 aliphatic heterocycles. The first-order valence-corrected chi connectivity index (χ1v) is 4.46. The van der Waals surface area contributed by atoms with Crippen LogP contribution in [0.25, 0.3) is 0 Å². The number of nitrogen functional groups attached to an aromatic ring is 1. The Labute approximate surface area is 93.9 Å². The van der Waals surface area contributed by atoms with Crippen LogP contribution in [0.4, 0.5) is 18.9 Å². The molecule has 0 spiro atoms. The number of alkyl halides is 3. The molecule has 3 nitrogen and oxygen atoms in total. The third-order valence-corrected chi connectivity index (χ3v) is 1.89. The van der Waals surface area contributed by atoms with E-state index in [0.29, 0.717) is 5.69 Å². The molecule has 0 aromatic heterocycles. The monoisotopic (exact) mass is 253 g/mol. The van der Waals surface area contributed by atoms with Crippen LogP contribution in [-0.4, -0.2) is 18.8 Å². The summed E-state index contributed by atoms with van der Waals surface area (Å²) >= 11 is 5.61. The van der Waals surface area contributed by atoms with Crippen molar-refractivity contribution in [2.24, 2.45) is 0 Å². The summed E-state index contributed by atoms with van der Waals surface area (Å²) in [6, 6.07) is 3.80. The topological polar surface area (TPSA) is 52.3 Å². The number of halogens is 4. The molecular weight excluding hydrogens is 247 g/mol. The second-order valence-electron chi connectivity index (χ2n) is 2.93. The average Bonchev–Trinajstić information content (AvgIpc) is 2.13. The Bertz CT molecular complexity index is 406. The summed E-state index contributed by atoms with van der Waals surface area (Å²) in [5.74, 6) is -1.14. The van der Waals surface area contributed by atoms with Crippen LogP contribution in [0.5, 0.6) is 0 Å². The van der Waals surface area contributed by atoms with E-state index in [9.17, 15) is 18.0 Å². The quantitative estimate of drug-likeness (QED) is 0.651. The van der Waals surface area contributed by atoms with Gasteiger partial charge in [0.2, 0.25) is 0 Å². The van der Waals surface area contributed by atoms with Gasteiger partial charge in [0.1, 0.15) is 0 Å². The molecule has 1 rings (SSSR count). The van der Waals surface area contributed by atoms with Crippen LogP contribution in [0.15, 0.2) is 18.2 Å². The van der Waals surface area contributed by atoms with E-state index in [1.807, 2.05) is 0 Å². The zero-order chi connectivity index (χ0) is 12.3. The molecule has 0 saturated carbocycles. The lowest BCUT2D eigenvalue weighted by Crippen LogP contribution is -2.20. The lowest BCUT2D eigenvalue weighted by molar-refractivity contribution is -0.161. The maximum atomic E-state index is 11.8. The molecule has 0 unspecified atom stereocenters. The third kappa shape index (κ3) is 3.62. The molecule has 0 aliphatic carbocycles. The molecule has 0 heterocycles. The van der Waals surface area contributed by atoms with Gasteiger partial charge in [-0.2, -0.15) is 13.2 Å². The van der Waals surface area contributed by atoms with E-state index < -0.39 is 18.8 Å². The van der Waals surface area contributed by atoms with Crippen LogP contribution in [0.1, 0.15) is 10.4 Å². The van der Waals surface area contributed by atoms with Crippen molar-refractivity contribution in [3.63, 3.8) is 0 Å². The smallest absolute Gasteiger partial charge is 0.422 e. The minimum atomic E-state index is -4.56. The van der Waals surface area contributed by atoms with Crippen molar-refractivity contribution in [1.29, 1.82) is 0 Å². The zero-order valence-electron chi connectivity index (χ0n) is 7.84. The molecule has 0 atom stereocenters. The Morgan fingerprint density at radius 1 is 1.44 bits per heavy atom. The van der Waals surface area contributed by atoms with Crippen molar-refractivity contribution in [1.82, 2.24) is 0 Å². The van der Waals surface area contributed by atoms with Crippen LogP contribution >= 0.6 is 11.6 Å². The van der Waals surface area contributed by atoms with Gasteiger partial charge >= 0.3 is 12.1 Å². The summed E-state index contributed by atoms with van der Waals surface area (Å²) in [7, 11) is 0. The van der Waals surface area contributed by atoms with Crippen LogP contribution in [0.3, 0.4) is 0 Å². The van der Waals surface area contributed by atoms with Crippen molar-refractivity contribution in [2.45, 2.75) is 6.18 Å². The first-order chi connectivity index (χ1) is 7.29. The number of rotatable bonds is 2. The van der Waals surface area contributed by atoms with Gasteiger partial charge in [-0.25, -0.2) is 4.79 Å². The van der Waals surface area contributed by atoms with E-state index in [2.05, 4.69) is 4.74 Å². The van der Waals surface area contributed by atoms with Gasteiger partial charge in [-0.1, -0.05) is 11.6 Å². The fourth-order valence-electron chi connectivity index (χ4n) is 0.922. The van der Waals surface area contributed by atoms with E-state index in [0.717, 1.165) is 0 Å². The van der Waals surface area contributed by atoms with Crippen LogP contribution in [0.2, 0.25) is 5.02 Å². The summed E-state index contributed by atoms with van der Waals surface area (Å²) in [5.41, 5.74) is 5.50. The third-order valence-electron chi connectivity index (χ3n) is 1.58. The molecule has 16 heavy (non-hydrogen) atoms. The maximum Gasteiger partial charge on any atom is 0.422 e. The zero-order valence-corrected chi connectivity index (χ0v) is 8.60. The Kier molecular flexibility index (Phi) is 3.64. The summed E-state index contributed by atoms with van der Waals surface area (Å²) < 4.78 is 39.3. The van der Waals surface area contributed by atoms with Crippen LogP contribution < -0.4 is 5.73 Å². The van der Waals surface area contributed by atoms with Crippen LogP contribution in [-0.2, 0) is 4.74 Å². The van der Waals surface area contributed by atoms with E-state index in [1.54, 1.807) is 0 Å². The van der Waals surface area contributed by atoms with E-state index in [-0.39, 0.29) is 10.6 Å². The normalized spacial score (nSPS) is 11.2. The highest BCUT2D eigenvalue weighted by molar-refractivity contribution is 6.33. The second kappa shape index (κ2) is 4.61. The molecule has 0 bridgehead atoms. The number of esters is 1. The summed E-state index contributed by atoms with van der Waals surface area (Å²) in [6.07, 6.45) is -4.56. The highest BCUT2D eigenvalue weighted by Gasteiger charge is 2.30. The molecule has 2 N–H and O–H groups in total. The number of hydrogen-bond acceptors (Lipinski definition) is 3. The Balaban J connectivity index is 2.74. The van der Waals surface area contributed by atoms with Crippen molar-refractivity contribution in [2.75, 3.05) is 12.3 Å². The highest BCUT2D eigenvalue weighted by Crippen LogP contribution is 2.21. The molecule has 0 amide bonds. The SMILES string of the molecule is Nc1ccc(C(=O)OCC(F)(F)F)c(Cl)c1. The van der Waals surface area contributed by atoms with Crippen LogP contribution in [0, 0.1) is 0 Å². The molecular formula is C9H7ClF3NO2. The Hall–Kier alpha value is -1.43. The predicted octanol–water partition coefficient (Wildman–Crippen LogP) is 2.64. The number of carbonyl (C=O) groups is 1. The average molecular weight is 254 g/mol. The predicted molar refractivity (Wildman–Crippen MR) is 52.2 cm³/mol. The molecule has 88 valence electrons. The number of nitrogens with two attached hydrogens (primary N) is 1. The first-order valence-electron chi connectivity index (χ1n) is 4.08. The van der Waals surface area contributed by atoms with E-state index in [4.69, 9.17) is 17.3 Å². The van der Waals surface area contributed by atoms with Gasteiger partial charge < -0.3 is 10.5 Å². The number of benzene rings is 1. The second-order valence-corrected chi connectivity index (χ2v) is 3.34. The van der Waals surface area contributed by atoms with Crippen molar-refractivity contribution >= 4 is 23.3 Å². The van der Waals surface area contributed by atoms with Gasteiger partial charge in [0.25, 0.3) is 0 Å². The molecule has 0 aliphatic rings. The molecule has 1 aromatic rings. The number of anilines is 1. The van der Waals surface area contributed by atoms with Gasteiger partial charge in [0.05, 0.1) is 10.6 Å². The van der Waals surface area contributed by atoms with Crippen molar-refractivity contribution in [3.05, 3.63) is 28.8 Å². The maximum absolute atomic E-state index is 11.8. The van der Waals surface area contributed by atoms with Gasteiger partial charge in [-0.05, 0) is 18.2 Å². The molecule has 0 saturated heterocycles. The van der Waals surface area contributed by atoms with Gasteiger partial charge in [0.15, 0.2) is 6.61 Å². The molecule has 1 aromatic carbocycles. The number of carbonyl (C=O) groups excluding carboxylic acids is 1. The summed E-state index contributed by atoms with van der Waals surface area (Å²) in [6.45, 7) is -1.65. The van der Waals surface area contributed by atoms with Gasteiger partial charge in [-0.3, -0.25) is 0 Å². The summed E-state index contributed by atoms with van der Waals surface area (Å²) in [4.78, 5) is 11.2. The largest absolute Gasteiger partial charge is 0.452 e. The minimum absolute atomic E-state index is 0.0489. The Morgan fingerprint density at radius 2 is 2.06 bits per heavy atom. The van der Waals surface area contributed by atoms with Gasteiger partial charge in [-0.15, -0.1) is 0 Å².